The number of esters is 1. The summed E-state index contributed by atoms with van der Waals surface area (Å²) in [5.41, 5.74) is 0. The molecule has 0 radical (unpaired) electrons. The Kier molecular flexibility index (Phi) is 3.72. The number of hydrogen-bond acceptors (Lipinski definition) is 3. The van der Waals surface area contributed by atoms with E-state index in [2.05, 4.69) is 18.7 Å². The number of rotatable bonds is 2. The van der Waals surface area contributed by atoms with Gasteiger partial charge in [0.05, 0.1) is 13.0 Å². The molecule has 0 aromatic carbocycles. The summed E-state index contributed by atoms with van der Waals surface area (Å²) >= 11 is 0. The summed E-state index contributed by atoms with van der Waals surface area (Å²) in [4.78, 5) is 13.6. The molecule has 3 heteroatoms. The van der Waals surface area contributed by atoms with Crippen molar-refractivity contribution in [2.75, 3.05) is 20.2 Å². The number of piperidine rings is 1. The lowest BCUT2D eigenvalue weighted by Gasteiger charge is -2.34. The van der Waals surface area contributed by atoms with Crippen LogP contribution >= 0.6 is 0 Å². The molecule has 1 rings (SSSR count). The van der Waals surface area contributed by atoms with Crippen molar-refractivity contribution >= 4 is 5.97 Å². The molecule has 0 amide bonds. The zero-order chi connectivity index (χ0) is 9.84. The van der Waals surface area contributed by atoms with Crippen LogP contribution in [0, 0.1) is 5.92 Å². The van der Waals surface area contributed by atoms with Crippen molar-refractivity contribution in [1.82, 2.24) is 4.90 Å². The van der Waals surface area contributed by atoms with Gasteiger partial charge in [-0.1, -0.05) is 0 Å². The monoisotopic (exact) mass is 185 g/mol. The highest BCUT2D eigenvalue weighted by Gasteiger charge is 2.27. The fourth-order valence-electron chi connectivity index (χ4n) is 1.83. The molecule has 1 heterocycles. The second-order valence-electron chi connectivity index (χ2n) is 3.95. The molecule has 0 spiro atoms. The molecule has 0 N–H and O–H groups in total. The third-order valence-corrected chi connectivity index (χ3v) is 2.72. The quantitative estimate of drug-likeness (QED) is 0.607. The molecule has 76 valence electrons. The maximum Gasteiger partial charge on any atom is 0.309 e. The molecule has 0 bridgehead atoms. The van der Waals surface area contributed by atoms with Gasteiger partial charge in [-0.3, -0.25) is 4.79 Å². The lowest BCUT2D eigenvalue weighted by Crippen LogP contribution is -2.42. The molecule has 0 aromatic heterocycles. The van der Waals surface area contributed by atoms with Gasteiger partial charge in [-0.15, -0.1) is 0 Å². The summed E-state index contributed by atoms with van der Waals surface area (Å²) in [5.74, 6) is 0.0477. The standard InChI is InChI=1S/C10H19NO2/c1-8(2)11-6-4-5-9(7-11)10(12)13-3/h8-9H,4-7H2,1-3H3/t9-/m0/s1. The summed E-state index contributed by atoms with van der Waals surface area (Å²) in [6.07, 6.45) is 2.09. The van der Waals surface area contributed by atoms with E-state index in [1.165, 1.54) is 7.11 Å². The third-order valence-electron chi connectivity index (χ3n) is 2.72. The Balaban J connectivity index is 2.46. The number of likely N-dealkylation sites (tertiary alicyclic amines) is 1. The van der Waals surface area contributed by atoms with E-state index in [-0.39, 0.29) is 11.9 Å². The fourth-order valence-corrected chi connectivity index (χ4v) is 1.83. The largest absolute Gasteiger partial charge is 0.469 e. The zero-order valence-corrected chi connectivity index (χ0v) is 8.75. The molecular formula is C10H19NO2. The summed E-state index contributed by atoms with van der Waals surface area (Å²) in [7, 11) is 1.47. The number of hydrogen-bond donors (Lipinski definition) is 0. The Bertz CT molecular complexity index is 180. The smallest absolute Gasteiger partial charge is 0.309 e. The van der Waals surface area contributed by atoms with Crippen LogP contribution < -0.4 is 0 Å². The van der Waals surface area contributed by atoms with Gasteiger partial charge in [-0.25, -0.2) is 0 Å². The first kappa shape index (κ1) is 10.5. The summed E-state index contributed by atoms with van der Waals surface area (Å²) in [6, 6.07) is 0.535. The molecule has 0 aromatic rings. The summed E-state index contributed by atoms with van der Waals surface area (Å²) in [5, 5.41) is 0. The minimum Gasteiger partial charge on any atom is -0.469 e. The number of nitrogens with zero attached hydrogens (tertiary/aromatic N) is 1. The van der Waals surface area contributed by atoms with Crippen LogP contribution in [0.4, 0.5) is 0 Å². The Labute approximate surface area is 80.1 Å². The molecule has 1 aliphatic heterocycles. The van der Waals surface area contributed by atoms with Crippen molar-refractivity contribution in [3.63, 3.8) is 0 Å². The molecule has 1 aliphatic rings. The van der Waals surface area contributed by atoms with Gasteiger partial charge in [0.25, 0.3) is 0 Å². The molecule has 3 nitrogen and oxygen atoms in total. The van der Waals surface area contributed by atoms with Crippen LogP contribution in [-0.4, -0.2) is 37.1 Å². The topological polar surface area (TPSA) is 29.5 Å². The minimum atomic E-state index is -0.0506. The van der Waals surface area contributed by atoms with E-state index in [4.69, 9.17) is 4.74 Å². The Hall–Kier alpha value is -0.570. The van der Waals surface area contributed by atoms with E-state index in [0.717, 1.165) is 25.9 Å². The van der Waals surface area contributed by atoms with Crippen molar-refractivity contribution in [1.29, 1.82) is 0 Å². The average molecular weight is 185 g/mol. The fraction of sp³-hybridized carbons (Fsp3) is 0.900. The highest BCUT2D eigenvalue weighted by atomic mass is 16.5. The Morgan fingerprint density at radius 1 is 1.54 bits per heavy atom. The van der Waals surface area contributed by atoms with Crippen LogP contribution in [0.3, 0.4) is 0 Å². The molecule has 0 unspecified atom stereocenters. The first-order chi connectivity index (χ1) is 6.15. The predicted octanol–water partition coefficient (Wildman–Crippen LogP) is 1.28. The van der Waals surface area contributed by atoms with Crippen molar-refractivity contribution in [3.8, 4) is 0 Å². The van der Waals surface area contributed by atoms with Gasteiger partial charge < -0.3 is 9.64 Å². The Morgan fingerprint density at radius 2 is 2.23 bits per heavy atom. The SMILES string of the molecule is COC(=O)[C@H]1CCCN(C(C)C)C1. The summed E-state index contributed by atoms with van der Waals surface area (Å²) in [6.45, 7) is 6.31. The van der Waals surface area contributed by atoms with Gasteiger partial charge in [0.15, 0.2) is 0 Å². The van der Waals surface area contributed by atoms with Gasteiger partial charge in [-0.05, 0) is 33.2 Å². The number of carbonyl (C=O) groups is 1. The van der Waals surface area contributed by atoms with E-state index < -0.39 is 0 Å². The Morgan fingerprint density at radius 3 is 2.77 bits per heavy atom. The highest BCUT2D eigenvalue weighted by molar-refractivity contribution is 5.72. The number of ether oxygens (including phenoxy) is 1. The molecular weight excluding hydrogens is 166 g/mol. The first-order valence-electron chi connectivity index (χ1n) is 4.97. The van der Waals surface area contributed by atoms with Gasteiger partial charge >= 0.3 is 5.97 Å². The van der Waals surface area contributed by atoms with E-state index >= 15 is 0 Å². The van der Waals surface area contributed by atoms with Gasteiger partial charge in [0.2, 0.25) is 0 Å². The lowest BCUT2D eigenvalue weighted by molar-refractivity contribution is -0.147. The van der Waals surface area contributed by atoms with Gasteiger partial charge in [0, 0.05) is 12.6 Å². The van der Waals surface area contributed by atoms with Crippen molar-refractivity contribution < 1.29 is 9.53 Å². The molecule has 0 saturated carbocycles. The molecule has 1 saturated heterocycles. The van der Waals surface area contributed by atoms with Crippen LogP contribution in [0.15, 0.2) is 0 Å². The van der Waals surface area contributed by atoms with Gasteiger partial charge in [-0.2, -0.15) is 0 Å². The second-order valence-corrected chi connectivity index (χ2v) is 3.95. The van der Waals surface area contributed by atoms with Crippen LogP contribution in [0.5, 0.6) is 0 Å². The zero-order valence-electron chi connectivity index (χ0n) is 8.75. The predicted molar refractivity (Wildman–Crippen MR) is 51.4 cm³/mol. The van der Waals surface area contributed by atoms with Crippen molar-refractivity contribution in [2.45, 2.75) is 32.7 Å². The third kappa shape index (κ3) is 2.69. The summed E-state index contributed by atoms with van der Waals surface area (Å²) < 4.78 is 4.75. The number of carbonyl (C=O) groups excluding carboxylic acids is 1. The van der Waals surface area contributed by atoms with E-state index in [9.17, 15) is 4.79 Å². The van der Waals surface area contributed by atoms with Crippen molar-refractivity contribution in [2.24, 2.45) is 5.92 Å². The average Bonchev–Trinajstić information content (AvgIpc) is 2.17. The van der Waals surface area contributed by atoms with Crippen molar-refractivity contribution in [3.05, 3.63) is 0 Å². The van der Waals surface area contributed by atoms with E-state index in [1.54, 1.807) is 0 Å². The maximum absolute atomic E-state index is 11.3. The lowest BCUT2D eigenvalue weighted by atomic mass is 9.97. The minimum absolute atomic E-state index is 0.0506. The number of methoxy groups -OCH3 is 1. The molecule has 1 fully saturated rings. The maximum atomic E-state index is 11.3. The van der Waals surface area contributed by atoms with Crippen LogP contribution in [0.2, 0.25) is 0 Å². The first-order valence-corrected chi connectivity index (χ1v) is 4.97. The van der Waals surface area contributed by atoms with Gasteiger partial charge in [0.1, 0.15) is 0 Å². The second kappa shape index (κ2) is 4.61. The molecule has 13 heavy (non-hydrogen) atoms. The van der Waals surface area contributed by atoms with E-state index in [0.29, 0.717) is 6.04 Å². The van der Waals surface area contributed by atoms with Crippen LogP contribution in [0.1, 0.15) is 26.7 Å². The molecule has 0 aliphatic carbocycles. The normalized spacial score (nSPS) is 24.8. The molecule has 1 atom stereocenters. The van der Waals surface area contributed by atoms with Crippen LogP contribution in [-0.2, 0) is 9.53 Å². The van der Waals surface area contributed by atoms with Crippen LogP contribution in [0.25, 0.3) is 0 Å². The highest BCUT2D eigenvalue weighted by Crippen LogP contribution is 2.19. The van der Waals surface area contributed by atoms with E-state index in [1.807, 2.05) is 0 Å².